The van der Waals surface area contributed by atoms with E-state index >= 15 is 0 Å². The molecule has 9 heteroatoms. The molecule has 2 aromatic rings. The highest BCUT2D eigenvalue weighted by atomic mass is 32.2. The second kappa shape index (κ2) is 6.24. The van der Waals surface area contributed by atoms with Gasteiger partial charge in [0.05, 0.1) is 18.0 Å². The summed E-state index contributed by atoms with van der Waals surface area (Å²) in [5.74, 6) is -0.339. The topological polar surface area (TPSA) is 104 Å². The molecule has 0 radical (unpaired) electrons. The molecule has 0 amide bonds. The molecule has 8 nitrogen and oxygen atoms in total. The van der Waals surface area contributed by atoms with Crippen LogP contribution in [0.15, 0.2) is 35.4 Å². The Kier molecular flexibility index (Phi) is 4.57. The molecule has 1 heterocycles. The number of rotatable bonds is 6. The van der Waals surface area contributed by atoms with E-state index < -0.39 is 15.0 Å². The lowest BCUT2D eigenvalue weighted by atomic mass is 10.2. The van der Waals surface area contributed by atoms with E-state index in [1.165, 1.54) is 22.9 Å². The number of benzene rings is 1. The van der Waals surface area contributed by atoms with Gasteiger partial charge in [0.25, 0.3) is 10.1 Å². The molecule has 1 aromatic carbocycles. The van der Waals surface area contributed by atoms with E-state index in [-0.39, 0.29) is 24.0 Å². The molecule has 0 saturated carbocycles. The smallest absolute Gasteiger partial charge is 0.390 e. The van der Waals surface area contributed by atoms with Gasteiger partial charge in [-0.3, -0.25) is 4.18 Å². The summed E-state index contributed by atoms with van der Waals surface area (Å²) in [4.78, 5) is 13.9. The van der Waals surface area contributed by atoms with Crippen LogP contribution in [0.4, 0.5) is 5.95 Å². The number of hydrogen-bond donors (Lipinski definition) is 0. The van der Waals surface area contributed by atoms with Crippen molar-refractivity contribution in [1.82, 2.24) is 9.55 Å². The predicted octanol–water partition coefficient (Wildman–Crippen LogP) is 1.81. The number of aromatic nitrogens is 2. The average molecular weight is 325 g/mol. The summed E-state index contributed by atoms with van der Waals surface area (Å²) < 4.78 is 30.2. The number of nitrogens with zero attached hydrogens (tertiary/aromatic N) is 3. The van der Waals surface area contributed by atoms with E-state index in [2.05, 4.69) is 4.98 Å². The Morgan fingerprint density at radius 2 is 1.91 bits per heavy atom. The number of aryl methyl sites for hydroxylation is 2. The highest BCUT2D eigenvalue weighted by Gasteiger charge is 2.20. The highest BCUT2D eigenvalue weighted by Crippen LogP contribution is 2.15. The van der Waals surface area contributed by atoms with Gasteiger partial charge in [0.2, 0.25) is 0 Å². The fourth-order valence-electron chi connectivity index (χ4n) is 1.88. The predicted molar refractivity (Wildman–Crippen MR) is 77.9 cm³/mol. The molecule has 0 unspecified atom stereocenters. The van der Waals surface area contributed by atoms with Crippen molar-refractivity contribution in [2.24, 2.45) is 0 Å². The van der Waals surface area contributed by atoms with E-state index in [4.69, 9.17) is 4.18 Å². The third-order valence-corrected chi connectivity index (χ3v) is 4.39. The van der Waals surface area contributed by atoms with Gasteiger partial charge in [0.15, 0.2) is 0 Å². The van der Waals surface area contributed by atoms with Gasteiger partial charge in [-0.25, -0.2) is 4.57 Å². The van der Waals surface area contributed by atoms with E-state index in [0.29, 0.717) is 5.69 Å². The van der Waals surface area contributed by atoms with Crippen LogP contribution in [0, 0.1) is 24.0 Å². The zero-order chi connectivity index (χ0) is 16.3. The summed E-state index contributed by atoms with van der Waals surface area (Å²) in [5.41, 5.74) is 1.49. The maximum atomic E-state index is 12.0. The first-order chi connectivity index (χ1) is 10.3. The first-order valence-electron chi connectivity index (χ1n) is 6.44. The molecule has 0 aliphatic rings. The fourth-order valence-corrected chi connectivity index (χ4v) is 2.78. The minimum absolute atomic E-state index is 0.0211. The molecule has 0 bridgehead atoms. The monoisotopic (exact) mass is 325 g/mol. The van der Waals surface area contributed by atoms with Gasteiger partial charge in [0.1, 0.15) is 11.9 Å². The van der Waals surface area contributed by atoms with Crippen molar-refractivity contribution in [3.63, 3.8) is 0 Å². The Morgan fingerprint density at radius 1 is 1.27 bits per heavy atom. The SMILES string of the molecule is Cc1ccc(S(=O)(=O)OCCn2c(C)cnc2[N+](=O)[O-])cc1. The van der Waals surface area contributed by atoms with E-state index in [9.17, 15) is 18.5 Å². The third kappa shape index (κ3) is 3.49. The van der Waals surface area contributed by atoms with Gasteiger partial charge in [-0.2, -0.15) is 8.42 Å². The molecule has 1 aromatic heterocycles. The van der Waals surface area contributed by atoms with Gasteiger partial charge in [0, 0.05) is 0 Å². The van der Waals surface area contributed by atoms with Gasteiger partial charge in [-0.15, -0.1) is 0 Å². The number of imidazole rings is 1. The molecule has 22 heavy (non-hydrogen) atoms. The molecule has 0 aliphatic carbocycles. The minimum Gasteiger partial charge on any atom is -0.390 e. The Balaban J connectivity index is 2.06. The van der Waals surface area contributed by atoms with Crippen LogP contribution in [0.5, 0.6) is 0 Å². The summed E-state index contributed by atoms with van der Waals surface area (Å²) in [6.45, 7) is 3.30. The van der Waals surface area contributed by atoms with Gasteiger partial charge in [-0.1, -0.05) is 22.7 Å². The Labute approximate surface area is 127 Å². The molecule has 2 rings (SSSR count). The maximum absolute atomic E-state index is 12.0. The summed E-state index contributed by atoms with van der Waals surface area (Å²) >= 11 is 0. The second-order valence-corrected chi connectivity index (χ2v) is 6.31. The molecular formula is C13H15N3O5S. The van der Waals surface area contributed by atoms with Crippen LogP contribution < -0.4 is 0 Å². The standard InChI is InChI=1S/C13H15N3O5S/c1-10-3-5-12(6-4-10)22(19,20)21-8-7-15-11(2)9-14-13(15)16(17)18/h3-6,9H,7-8H2,1-2H3. The first kappa shape index (κ1) is 16.1. The second-order valence-electron chi connectivity index (χ2n) is 4.70. The summed E-state index contributed by atoms with van der Waals surface area (Å²) in [6.07, 6.45) is 1.35. The Hall–Kier alpha value is -2.26. The van der Waals surface area contributed by atoms with Crippen molar-refractivity contribution in [1.29, 1.82) is 0 Å². The highest BCUT2D eigenvalue weighted by molar-refractivity contribution is 7.86. The molecule has 0 aliphatic heterocycles. The zero-order valence-corrected chi connectivity index (χ0v) is 12.9. The molecule has 0 N–H and O–H groups in total. The van der Waals surface area contributed by atoms with Crippen molar-refractivity contribution in [3.8, 4) is 0 Å². The molecule has 0 fully saturated rings. The quantitative estimate of drug-likeness (QED) is 0.456. The van der Waals surface area contributed by atoms with Gasteiger partial charge < -0.3 is 10.1 Å². The van der Waals surface area contributed by atoms with Gasteiger partial charge >= 0.3 is 5.95 Å². The van der Waals surface area contributed by atoms with Crippen LogP contribution in [-0.2, 0) is 20.8 Å². The van der Waals surface area contributed by atoms with Crippen molar-refractivity contribution in [3.05, 3.63) is 51.8 Å². The summed E-state index contributed by atoms with van der Waals surface area (Å²) in [6, 6.07) is 6.24. The van der Waals surface area contributed by atoms with Crippen LogP contribution in [0.1, 0.15) is 11.3 Å². The average Bonchev–Trinajstić information content (AvgIpc) is 2.81. The van der Waals surface area contributed by atoms with E-state index in [1.807, 2.05) is 6.92 Å². The minimum atomic E-state index is -3.88. The molecular weight excluding hydrogens is 310 g/mol. The molecule has 0 atom stereocenters. The molecule has 0 saturated heterocycles. The number of hydrogen-bond acceptors (Lipinski definition) is 6. The van der Waals surface area contributed by atoms with Crippen LogP contribution in [-0.4, -0.2) is 29.5 Å². The largest absolute Gasteiger partial charge is 0.434 e. The summed E-state index contributed by atoms with van der Waals surface area (Å²) in [7, 11) is -3.88. The Morgan fingerprint density at radius 3 is 2.50 bits per heavy atom. The number of nitro groups is 1. The van der Waals surface area contributed by atoms with Crippen LogP contribution in [0.3, 0.4) is 0 Å². The van der Waals surface area contributed by atoms with Crippen LogP contribution in [0.25, 0.3) is 0 Å². The van der Waals surface area contributed by atoms with Crippen LogP contribution in [0.2, 0.25) is 0 Å². The normalized spacial score (nSPS) is 11.5. The van der Waals surface area contributed by atoms with Crippen molar-refractivity contribution in [2.45, 2.75) is 25.3 Å². The van der Waals surface area contributed by atoms with Crippen molar-refractivity contribution < 1.29 is 17.5 Å². The van der Waals surface area contributed by atoms with E-state index in [1.54, 1.807) is 19.1 Å². The first-order valence-corrected chi connectivity index (χ1v) is 7.85. The van der Waals surface area contributed by atoms with E-state index in [0.717, 1.165) is 5.56 Å². The molecule has 0 spiro atoms. The fraction of sp³-hybridized carbons (Fsp3) is 0.308. The van der Waals surface area contributed by atoms with Gasteiger partial charge in [-0.05, 0) is 30.9 Å². The van der Waals surface area contributed by atoms with Crippen molar-refractivity contribution in [2.75, 3.05) is 6.61 Å². The summed E-state index contributed by atoms with van der Waals surface area (Å²) in [5, 5.41) is 10.8. The lowest BCUT2D eigenvalue weighted by molar-refractivity contribution is -0.396. The zero-order valence-electron chi connectivity index (χ0n) is 12.1. The third-order valence-electron chi connectivity index (χ3n) is 3.06. The lowest BCUT2D eigenvalue weighted by Gasteiger charge is -2.07. The Bertz CT molecular complexity index is 781. The molecule has 118 valence electrons. The van der Waals surface area contributed by atoms with Crippen molar-refractivity contribution >= 4 is 16.1 Å². The maximum Gasteiger partial charge on any atom is 0.434 e. The van der Waals surface area contributed by atoms with Crippen LogP contribution >= 0.6 is 0 Å². The lowest BCUT2D eigenvalue weighted by Crippen LogP contribution is -2.14.